The van der Waals surface area contributed by atoms with Gasteiger partial charge < -0.3 is 4.74 Å². The summed E-state index contributed by atoms with van der Waals surface area (Å²) in [6.45, 7) is 2.22. The van der Waals surface area contributed by atoms with Crippen molar-refractivity contribution in [3.05, 3.63) is 70.5 Å². The van der Waals surface area contributed by atoms with Crippen molar-refractivity contribution >= 4 is 5.57 Å². The number of allylic oxidation sites excluding steroid dienone is 2. The molecule has 4 heteroatoms. The van der Waals surface area contributed by atoms with E-state index in [0.717, 1.165) is 62.5 Å². The molecule has 0 N–H and O–H groups in total. The number of ether oxygens (including phenoxy) is 1. The van der Waals surface area contributed by atoms with Gasteiger partial charge in [0.05, 0.1) is 7.11 Å². The average molecular weight is 499 g/mol. The molecule has 2 aromatic carbocycles. The van der Waals surface area contributed by atoms with E-state index in [4.69, 9.17) is 4.74 Å². The first kappa shape index (κ1) is 26.8. The molecule has 0 aromatic heterocycles. The molecule has 2 aliphatic rings. The van der Waals surface area contributed by atoms with Crippen LogP contribution in [0.1, 0.15) is 107 Å². The molecule has 1 fully saturated rings. The van der Waals surface area contributed by atoms with E-state index in [-0.39, 0.29) is 11.7 Å². The van der Waals surface area contributed by atoms with Gasteiger partial charge in [-0.25, -0.2) is 13.2 Å². The predicted octanol–water partition coefficient (Wildman–Crippen LogP) is 9.78. The summed E-state index contributed by atoms with van der Waals surface area (Å²) in [5.41, 5.74) is 2.66. The van der Waals surface area contributed by atoms with Crippen LogP contribution in [0, 0.1) is 29.3 Å². The van der Waals surface area contributed by atoms with Gasteiger partial charge in [-0.15, -0.1) is 0 Å². The van der Waals surface area contributed by atoms with Crippen LogP contribution in [0.4, 0.5) is 13.2 Å². The van der Waals surface area contributed by atoms with Crippen LogP contribution in [0.2, 0.25) is 0 Å². The van der Waals surface area contributed by atoms with Gasteiger partial charge in [-0.1, -0.05) is 56.9 Å². The van der Waals surface area contributed by atoms with Gasteiger partial charge in [-0.3, -0.25) is 0 Å². The molecule has 36 heavy (non-hydrogen) atoms. The lowest BCUT2D eigenvalue weighted by Crippen LogP contribution is -2.15. The highest BCUT2D eigenvalue weighted by Gasteiger charge is 2.25. The van der Waals surface area contributed by atoms with Gasteiger partial charge in [0.1, 0.15) is 11.6 Å². The third-order valence-electron chi connectivity index (χ3n) is 8.56. The summed E-state index contributed by atoms with van der Waals surface area (Å²) in [5.74, 6) is 0.358. The van der Waals surface area contributed by atoms with E-state index in [9.17, 15) is 8.78 Å². The highest BCUT2D eigenvalue weighted by atomic mass is 19.2. The average Bonchev–Trinajstić information content (AvgIpc) is 2.90. The SMILES string of the molecule is CCCCCC1CC=C(c2ccc(CCC3CCC(c4ccc(OC)cc4F)CC3)c(F)c2F)CC1. The summed E-state index contributed by atoms with van der Waals surface area (Å²) < 4.78 is 49.6. The topological polar surface area (TPSA) is 9.23 Å². The van der Waals surface area contributed by atoms with Crippen molar-refractivity contribution in [3.8, 4) is 5.75 Å². The highest BCUT2D eigenvalue weighted by molar-refractivity contribution is 5.67. The highest BCUT2D eigenvalue weighted by Crippen LogP contribution is 2.40. The van der Waals surface area contributed by atoms with Crippen LogP contribution in [-0.4, -0.2) is 7.11 Å². The van der Waals surface area contributed by atoms with E-state index in [1.807, 2.05) is 12.1 Å². The van der Waals surface area contributed by atoms with Gasteiger partial charge in [0.15, 0.2) is 11.6 Å². The summed E-state index contributed by atoms with van der Waals surface area (Å²) in [6.07, 6.45) is 15.3. The third-order valence-corrected chi connectivity index (χ3v) is 8.56. The molecule has 1 nitrogen and oxygen atoms in total. The second kappa shape index (κ2) is 12.8. The minimum atomic E-state index is -0.679. The van der Waals surface area contributed by atoms with Crippen molar-refractivity contribution in [1.82, 2.24) is 0 Å². The van der Waals surface area contributed by atoms with Gasteiger partial charge in [-0.05, 0) is 98.3 Å². The lowest BCUT2D eigenvalue weighted by atomic mass is 9.76. The second-order valence-corrected chi connectivity index (χ2v) is 10.9. The maximum Gasteiger partial charge on any atom is 0.166 e. The minimum Gasteiger partial charge on any atom is -0.497 e. The molecule has 0 spiro atoms. The fourth-order valence-electron chi connectivity index (χ4n) is 6.20. The molecule has 4 rings (SSSR count). The van der Waals surface area contributed by atoms with E-state index < -0.39 is 11.6 Å². The molecule has 0 radical (unpaired) electrons. The summed E-state index contributed by atoms with van der Waals surface area (Å²) in [5, 5.41) is 0. The Balaban J connectivity index is 1.29. The molecule has 0 amide bonds. The monoisotopic (exact) mass is 498 g/mol. The number of unbranched alkanes of at least 4 members (excludes halogenated alkanes) is 2. The van der Waals surface area contributed by atoms with Crippen molar-refractivity contribution in [1.29, 1.82) is 0 Å². The first-order valence-electron chi connectivity index (χ1n) is 14.0. The van der Waals surface area contributed by atoms with Crippen molar-refractivity contribution in [2.45, 2.75) is 96.3 Å². The number of halogens is 3. The Morgan fingerprint density at radius 2 is 1.67 bits per heavy atom. The quantitative estimate of drug-likeness (QED) is 0.296. The minimum absolute atomic E-state index is 0.199. The molecule has 196 valence electrons. The Kier molecular flexibility index (Phi) is 9.56. The molecule has 0 heterocycles. The fraction of sp³-hybridized carbons (Fsp3) is 0.562. The number of hydrogen-bond acceptors (Lipinski definition) is 1. The molecule has 0 aliphatic heterocycles. The molecule has 2 aromatic rings. The van der Waals surface area contributed by atoms with E-state index in [2.05, 4.69) is 13.0 Å². The van der Waals surface area contributed by atoms with Crippen molar-refractivity contribution in [2.75, 3.05) is 7.11 Å². The number of benzene rings is 2. The van der Waals surface area contributed by atoms with Crippen LogP contribution < -0.4 is 4.74 Å². The van der Waals surface area contributed by atoms with Crippen molar-refractivity contribution < 1.29 is 17.9 Å². The zero-order chi connectivity index (χ0) is 25.5. The van der Waals surface area contributed by atoms with E-state index in [0.29, 0.717) is 35.1 Å². The first-order valence-corrected chi connectivity index (χ1v) is 14.0. The Bertz CT molecular complexity index is 1040. The van der Waals surface area contributed by atoms with Gasteiger partial charge in [0, 0.05) is 11.6 Å². The molecule has 0 bridgehead atoms. The Morgan fingerprint density at radius 3 is 2.33 bits per heavy atom. The number of methoxy groups -OCH3 is 1. The van der Waals surface area contributed by atoms with Crippen LogP contribution >= 0.6 is 0 Å². The Labute approximate surface area is 215 Å². The smallest absolute Gasteiger partial charge is 0.166 e. The Hall–Kier alpha value is -2.23. The molecule has 2 aliphatic carbocycles. The maximum atomic E-state index is 15.0. The summed E-state index contributed by atoms with van der Waals surface area (Å²) in [4.78, 5) is 0. The Morgan fingerprint density at radius 1 is 0.861 bits per heavy atom. The third kappa shape index (κ3) is 6.55. The molecule has 0 saturated heterocycles. The van der Waals surface area contributed by atoms with Crippen LogP contribution in [0.3, 0.4) is 0 Å². The van der Waals surface area contributed by atoms with Crippen molar-refractivity contribution in [2.24, 2.45) is 11.8 Å². The van der Waals surface area contributed by atoms with Crippen LogP contribution in [0.15, 0.2) is 36.4 Å². The van der Waals surface area contributed by atoms with E-state index in [1.54, 1.807) is 19.2 Å². The molecule has 1 unspecified atom stereocenters. The van der Waals surface area contributed by atoms with Gasteiger partial charge in [-0.2, -0.15) is 0 Å². The summed E-state index contributed by atoms with van der Waals surface area (Å²) >= 11 is 0. The van der Waals surface area contributed by atoms with E-state index >= 15 is 4.39 Å². The molecular formula is C32H41F3O. The fourth-order valence-corrected chi connectivity index (χ4v) is 6.20. The largest absolute Gasteiger partial charge is 0.497 e. The number of hydrogen-bond donors (Lipinski definition) is 0. The van der Waals surface area contributed by atoms with Crippen molar-refractivity contribution in [3.63, 3.8) is 0 Å². The first-order chi connectivity index (χ1) is 17.5. The normalized spacial score (nSPS) is 22.4. The van der Waals surface area contributed by atoms with Gasteiger partial charge in [0.25, 0.3) is 0 Å². The summed E-state index contributed by atoms with van der Waals surface area (Å²) in [7, 11) is 1.54. The molecule has 1 atom stereocenters. The van der Waals surface area contributed by atoms with Gasteiger partial charge >= 0.3 is 0 Å². The van der Waals surface area contributed by atoms with Gasteiger partial charge in [0.2, 0.25) is 0 Å². The zero-order valence-electron chi connectivity index (χ0n) is 21.9. The van der Waals surface area contributed by atoms with Crippen LogP contribution in [0.25, 0.3) is 5.57 Å². The molecular weight excluding hydrogens is 457 g/mol. The number of aryl methyl sites for hydroxylation is 1. The number of rotatable bonds is 10. The summed E-state index contributed by atoms with van der Waals surface area (Å²) in [6, 6.07) is 8.70. The van der Waals surface area contributed by atoms with E-state index in [1.165, 1.54) is 31.7 Å². The molecule has 1 saturated carbocycles. The lowest BCUT2D eigenvalue weighted by molar-refractivity contribution is 0.305. The zero-order valence-corrected chi connectivity index (χ0v) is 21.9. The van der Waals surface area contributed by atoms with Crippen LogP contribution in [0.5, 0.6) is 5.75 Å². The second-order valence-electron chi connectivity index (χ2n) is 10.9. The standard InChI is InChI=1S/C32H41F3O/c1-3-4-5-6-22-7-14-25(15-8-22)29-19-17-26(31(34)32(29)35)16-11-23-9-12-24(13-10-23)28-20-18-27(36-2)21-30(28)33/h14,17-24H,3-13,15-16H2,1-2H3. The van der Waals surface area contributed by atoms with Crippen LogP contribution in [-0.2, 0) is 6.42 Å². The predicted molar refractivity (Wildman–Crippen MR) is 142 cm³/mol. The lowest BCUT2D eigenvalue weighted by Gasteiger charge is -2.29. The maximum absolute atomic E-state index is 15.0.